The molecule has 1 aliphatic rings. The van der Waals surface area contributed by atoms with Crippen LogP contribution in [0.1, 0.15) is 0 Å². The van der Waals surface area contributed by atoms with E-state index < -0.39 is 11.0 Å². The quantitative estimate of drug-likeness (QED) is 0.759. The maximum Gasteiger partial charge on any atom is 0.312 e. The summed E-state index contributed by atoms with van der Waals surface area (Å²) in [5.74, 6) is -0.625. The van der Waals surface area contributed by atoms with Crippen LogP contribution in [0, 0.1) is 0 Å². The number of carbonyl (C=O) groups excluding carboxylic acids is 2. The van der Waals surface area contributed by atoms with Crippen LogP contribution in [0.3, 0.4) is 0 Å². The van der Waals surface area contributed by atoms with Crippen LogP contribution in [0.2, 0.25) is 10.0 Å². The number of thioether (sulfide) groups is 1. The second-order valence-electron chi connectivity index (χ2n) is 4.38. The standard InChI is InChI=1S/C15H8Cl2N2O2S/c16-9-1-5-11(6-2-9)18-15-19(13(20)14(21)22-15)12-7-3-10(17)4-8-12/h1-8H. The summed E-state index contributed by atoms with van der Waals surface area (Å²) >= 11 is 12.5. The van der Waals surface area contributed by atoms with E-state index >= 15 is 0 Å². The third-order valence-corrected chi connectivity index (χ3v) is 4.21. The van der Waals surface area contributed by atoms with Crippen molar-refractivity contribution in [2.45, 2.75) is 0 Å². The number of hydrogen-bond acceptors (Lipinski definition) is 4. The molecule has 0 bridgehead atoms. The molecule has 0 aliphatic carbocycles. The third kappa shape index (κ3) is 3.02. The molecule has 0 N–H and O–H groups in total. The smallest absolute Gasteiger partial charge is 0.275 e. The monoisotopic (exact) mass is 350 g/mol. The van der Waals surface area contributed by atoms with Gasteiger partial charge in [-0.1, -0.05) is 23.2 Å². The van der Waals surface area contributed by atoms with E-state index in [-0.39, 0.29) is 0 Å². The number of amidine groups is 1. The van der Waals surface area contributed by atoms with Gasteiger partial charge in [0, 0.05) is 10.0 Å². The molecule has 4 nitrogen and oxygen atoms in total. The maximum atomic E-state index is 12.1. The second kappa shape index (κ2) is 6.12. The lowest BCUT2D eigenvalue weighted by Gasteiger charge is -2.15. The molecular formula is C15H8Cl2N2O2S. The van der Waals surface area contributed by atoms with E-state index in [1.54, 1.807) is 48.5 Å². The van der Waals surface area contributed by atoms with Crippen LogP contribution in [0.4, 0.5) is 11.4 Å². The van der Waals surface area contributed by atoms with Crippen molar-refractivity contribution in [3.63, 3.8) is 0 Å². The molecule has 0 spiro atoms. The fraction of sp³-hybridized carbons (Fsp3) is 0. The Morgan fingerprint density at radius 2 is 1.41 bits per heavy atom. The van der Waals surface area contributed by atoms with Crippen molar-refractivity contribution in [2.24, 2.45) is 4.99 Å². The molecule has 2 aromatic rings. The van der Waals surface area contributed by atoms with E-state index in [1.165, 1.54) is 4.90 Å². The minimum absolute atomic E-state index is 0.305. The number of carbonyl (C=O) groups is 2. The summed E-state index contributed by atoms with van der Waals surface area (Å²) in [5, 5.41) is 0.873. The van der Waals surface area contributed by atoms with Crippen molar-refractivity contribution in [3.8, 4) is 0 Å². The van der Waals surface area contributed by atoms with Gasteiger partial charge in [-0.2, -0.15) is 0 Å². The predicted molar refractivity (Wildman–Crippen MR) is 90.1 cm³/mol. The number of benzene rings is 2. The summed E-state index contributed by atoms with van der Waals surface area (Å²) < 4.78 is 0. The average Bonchev–Trinajstić information content (AvgIpc) is 2.77. The van der Waals surface area contributed by atoms with E-state index in [9.17, 15) is 9.59 Å². The van der Waals surface area contributed by atoms with Gasteiger partial charge >= 0.3 is 5.91 Å². The molecule has 0 saturated carbocycles. The summed E-state index contributed by atoms with van der Waals surface area (Å²) in [6, 6.07) is 13.4. The molecule has 0 unspecified atom stereocenters. The molecule has 1 saturated heterocycles. The number of anilines is 1. The molecule has 3 rings (SSSR count). The van der Waals surface area contributed by atoms with Crippen LogP contribution in [-0.4, -0.2) is 16.2 Å². The van der Waals surface area contributed by atoms with Gasteiger partial charge in [-0.25, -0.2) is 4.99 Å². The fourth-order valence-electron chi connectivity index (χ4n) is 1.87. The van der Waals surface area contributed by atoms with Crippen LogP contribution in [0.25, 0.3) is 0 Å². The topological polar surface area (TPSA) is 49.7 Å². The van der Waals surface area contributed by atoms with Crippen molar-refractivity contribution in [1.82, 2.24) is 0 Å². The molecule has 0 atom stereocenters. The first-order valence-electron chi connectivity index (χ1n) is 6.21. The molecule has 110 valence electrons. The number of aliphatic imine (C=N–C) groups is 1. The van der Waals surface area contributed by atoms with Gasteiger partial charge in [-0.05, 0) is 60.3 Å². The van der Waals surface area contributed by atoms with Gasteiger partial charge < -0.3 is 0 Å². The second-order valence-corrected chi connectivity index (χ2v) is 6.19. The van der Waals surface area contributed by atoms with Gasteiger partial charge in [0.2, 0.25) is 0 Å². The van der Waals surface area contributed by atoms with Crippen LogP contribution >= 0.6 is 35.0 Å². The minimum atomic E-state index is -0.625. The fourth-order valence-corrected chi connectivity index (χ4v) is 2.89. The zero-order valence-corrected chi connectivity index (χ0v) is 13.3. The van der Waals surface area contributed by atoms with Crippen LogP contribution in [-0.2, 0) is 9.59 Å². The number of halogens is 2. The van der Waals surface area contributed by atoms with Crippen molar-refractivity contribution in [3.05, 3.63) is 58.6 Å². The molecule has 22 heavy (non-hydrogen) atoms. The number of hydrogen-bond donors (Lipinski definition) is 0. The molecule has 1 aliphatic heterocycles. The first-order valence-corrected chi connectivity index (χ1v) is 7.78. The van der Waals surface area contributed by atoms with Gasteiger partial charge in [-0.3, -0.25) is 14.5 Å². The van der Waals surface area contributed by atoms with Gasteiger partial charge in [-0.15, -0.1) is 0 Å². The van der Waals surface area contributed by atoms with Gasteiger partial charge in [0.25, 0.3) is 5.12 Å². The Kier molecular flexibility index (Phi) is 4.20. The van der Waals surface area contributed by atoms with Crippen LogP contribution in [0.5, 0.6) is 0 Å². The molecule has 1 amide bonds. The highest BCUT2D eigenvalue weighted by Crippen LogP contribution is 2.30. The number of rotatable bonds is 2. The molecule has 1 fully saturated rings. The molecule has 7 heteroatoms. The summed E-state index contributed by atoms with van der Waals surface area (Å²) in [7, 11) is 0. The van der Waals surface area contributed by atoms with E-state index in [1.807, 2.05) is 0 Å². The van der Waals surface area contributed by atoms with Crippen LogP contribution in [0.15, 0.2) is 53.5 Å². The van der Waals surface area contributed by atoms with Crippen molar-refractivity contribution in [1.29, 1.82) is 0 Å². The first kappa shape index (κ1) is 15.1. The SMILES string of the molecule is O=C1SC(=Nc2ccc(Cl)cc2)N(c2ccc(Cl)cc2)C1=O. The molecule has 0 radical (unpaired) electrons. The third-order valence-electron chi connectivity index (χ3n) is 2.89. The maximum absolute atomic E-state index is 12.1. The molecular weight excluding hydrogens is 343 g/mol. The number of nitrogens with zero attached hydrogens (tertiary/aromatic N) is 2. The van der Waals surface area contributed by atoms with Crippen molar-refractivity contribution in [2.75, 3.05) is 4.90 Å². The molecule has 0 aromatic heterocycles. The zero-order chi connectivity index (χ0) is 15.7. The Balaban J connectivity index is 2.01. The Morgan fingerprint density at radius 3 is 2.00 bits per heavy atom. The van der Waals surface area contributed by atoms with Gasteiger partial charge in [0.1, 0.15) is 0 Å². The highest BCUT2D eigenvalue weighted by atomic mass is 35.5. The highest BCUT2D eigenvalue weighted by Gasteiger charge is 2.37. The average molecular weight is 351 g/mol. The first-order chi connectivity index (χ1) is 10.5. The summed E-state index contributed by atoms with van der Waals surface area (Å²) in [6.45, 7) is 0. The van der Waals surface area contributed by atoms with Gasteiger partial charge in [0.05, 0.1) is 11.4 Å². The van der Waals surface area contributed by atoms with Gasteiger partial charge in [0.15, 0.2) is 5.17 Å². The highest BCUT2D eigenvalue weighted by molar-refractivity contribution is 8.29. The van der Waals surface area contributed by atoms with E-state index in [0.29, 0.717) is 26.6 Å². The number of amides is 1. The zero-order valence-electron chi connectivity index (χ0n) is 11.0. The van der Waals surface area contributed by atoms with Crippen molar-refractivity contribution >= 4 is 62.5 Å². The molecule has 2 aromatic carbocycles. The normalized spacial score (nSPS) is 16.6. The largest absolute Gasteiger partial charge is 0.312 e. The minimum Gasteiger partial charge on any atom is -0.275 e. The summed E-state index contributed by atoms with van der Waals surface area (Å²) in [6.07, 6.45) is 0. The van der Waals surface area contributed by atoms with E-state index in [4.69, 9.17) is 23.2 Å². The Bertz CT molecular complexity index is 773. The summed E-state index contributed by atoms with van der Waals surface area (Å²) in [4.78, 5) is 29.4. The molecule has 1 heterocycles. The Hall–Kier alpha value is -1.82. The lowest BCUT2D eigenvalue weighted by atomic mass is 10.3. The van der Waals surface area contributed by atoms with E-state index in [2.05, 4.69) is 4.99 Å². The lowest BCUT2D eigenvalue weighted by Crippen LogP contribution is -2.30. The lowest BCUT2D eigenvalue weighted by molar-refractivity contribution is -0.130. The van der Waals surface area contributed by atoms with Crippen molar-refractivity contribution < 1.29 is 9.59 Å². The Labute approximate surface area is 140 Å². The summed E-state index contributed by atoms with van der Waals surface area (Å²) in [5.41, 5.74) is 1.15. The predicted octanol–water partition coefficient (Wildman–Crippen LogP) is 4.29. The Morgan fingerprint density at radius 1 is 0.864 bits per heavy atom. The van der Waals surface area contributed by atoms with Crippen LogP contribution < -0.4 is 4.90 Å². The van der Waals surface area contributed by atoms with E-state index in [0.717, 1.165) is 11.8 Å².